The molecule has 70 valence electrons. The van der Waals surface area contributed by atoms with E-state index in [1.54, 1.807) is 6.08 Å². The average molecular weight is 170 g/mol. The largest absolute Gasteiger partial charge is 0.481 e. The Hall–Kier alpha value is -0.790. The Kier molecular flexibility index (Phi) is 6.44. The van der Waals surface area contributed by atoms with Crippen LogP contribution >= 0.6 is 0 Å². The molecule has 1 atom stereocenters. The van der Waals surface area contributed by atoms with E-state index in [4.69, 9.17) is 5.11 Å². The first-order valence-electron chi connectivity index (χ1n) is 4.55. The fourth-order valence-electron chi connectivity index (χ4n) is 1.02. The highest BCUT2D eigenvalue weighted by molar-refractivity contribution is 5.68. The fourth-order valence-corrected chi connectivity index (χ4v) is 1.02. The highest BCUT2D eigenvalue weighted by atomic mass is 16.4. The number of carbonyl (C=O) groups is 1. The zero-order valence-electron chi connectivity index (χ0n) is 7.92. The molecule has 0 radical (unpaired) electrons. The lowest BCUT2D eigenvalue weighted by atomic mass is 10.0. The number of unbranched alkanes of at least 4 members (excludes halogenated alkanes) is 1. The van der Waals surface area contributed by atoms with Crippen molar-refractivity contribution in [1.82, 2.24) is 0 Å². The van der Waals surface area contributed by atoms with Gasteiger partial charge in [0.25, 0.3) is 0 Å². The second-order valence-corrected chi connectivity index (χ2v) is 3.15. The van der Waals surface area contributed by atoms with E-state index in [0.717, 1.165) is 6.42 Å². The zero-order valence-corrected chi connectivity index (χ0v) is 7.92. The van der Waals surface area contributed by atoms with E-state index >= 15 is 0 Å². The Labute approximate surface area is 74.3 Å². The minimum absolute atomic E-state index is 0.149. The van der Waals surface area contributed by atoms with Gasteiger partial charge in [0.15, 0.2) is 0 Å². The second-order valence-electron chi connectivity index (χ2n) is 3.15. The Morgan fingerprint density at radius 3 is 2.75 bits per heavy atom. The molecule has 1 unspecified atom stereocenters. The van der Waals surface area contributed by atoms with E-state index in [-0.39, 0.29) is 6.42 Å². The number of rotatable bonds is 6. The van der Waals surface area contributed by atoms with E-state index in [1.807, 2.05) is 6.08 Å². The third kappa shape index (κ3) is 7.32. The summed E-state index contributed by atoms with van der Waals surface area (Å²) >= 11 is 0. The lowest BCUT2D eigenvalue weighted by molar-refractivity contribution is -0.136. The summed E-state index contributed by atoms with van der Waals surface area (Å²) in [5.41, 5.74) is 0. The van der Waals surface area contributed by atoms with Crippen LogP contribution < -0.4 is 0 Å². The summed E-state index contributed by atoms with van der Waals surface area (Å²) in [7, 11) is 0. The van der Waals surface area contributed by atoms with Gasteiger partial charge in [-0.2, -0.15) is 0 Å². The highest BCUT2D eigenvalue weighted by Gasteiger charge is 1.96. The fraction of sp³-hybridized carbons (Fsp3) is 0.700. The molecule has 0 aliphatic heterocycles. The van der Waals surface area contributed by atoms with Crippen molar-refractivity contribution in [3.05, 3.63) is 12.2 Å². The quantitative estimate of drug-likeness (QED) is 0.622. The highest BCUT2D eigenvalue weighted by Crippen LogP contribution is 2.08. The number of hydrogen-bond donors (Lipinski definition) is 1. The summed E-state index contributed by atoms with van der Waals surface area (Å²) in [5, 5.41) is 8.35. The zero-order chi connectivity index (χ0) is 9.40. The average Bonchev–Trinajstić information content (AvgIpc) is 2.00. The first-order valence-corrected chi connectivity index (χ1v) is 4.55. The van der Waals surface area contributed by atoms with E-state index < -0.39 is 5.97 Å². The molecule has 0 saturated heterocycles. The molecule has 0 aromatic heterocycles. The first-order chi connectivity index (χ1) is 5.66. The van der Waals surface area contributed by atoms with Gasteiger partial charge in [-0.05, 0) is 12.3 Å². The maximum atomic E-state index is 10.1. The number of aliphatic carboxylic acids is 1. The van der Waals surface area contributed by atoms with E-state index in [9.17, 15) is 4.79 Å². The summed E-state index contributed by atoms with van der Waals surface area (Å²) in [4.78, 5) is 10.1. The van der Waals surface area contributed by atoms with Crippen LogP contribution in [0, 0.1) is 5.92 Å². The molecule has 0 aromatic carbocycles. The van der Waals surface area contributed by atoms with Crippen LogP contribution in [0.1, 0.15) is 39.5 Å². The number of carboxylic acids is 1. The van der Waals surface area contributed by atoms with Gasteiger partial charge >= 0.3 is 5.97 Å². The van der Waals surface area contributed by atoms with Crippen molar-refractivity contribution >= 4 is 5.97 Å². The van der Waals surface area contributed by atoms with Crippen LogP contribution in [0.15, 0.2) is 12.2 Å². The number of allylic oxidation sites excluding steroid dienone is 1. The van der Waals surface area contributed by atoms with Crippen LogP contribution in [0.4, 0.5) is 0 Å². The Bertz CT molecular complexity index is 150. The summed E-state index contributed by atoms with van der Waals surface area (Å²) < 4.78 is 0. The molecule has 1 N–H and O–H groups in total. The van der Waals surface area contributed by atoms with Crippen molar-refractivity contribution in [3.8, 4) is 0 Å². The monoisotopic (exact) mass is 170 g/mol. The van der Waals surface area contributed by atoms with Crippen molar-refractivity contribution in [3.63, 3.8) is 0 Å². The lowest BCUT2D eigenvalue weighted by Gasteiger charge is -2.02. The van der Waals surface area contributed by atoms with Crippen LogP contribution in [-0.2, 0) is 4.79 Å². The molecule has 2 heteroatoms. The normalized spacial score (nSPS) is 13.5. The number of carboxylic acid groups (broad SMARTS) is 1. The van der Waals surface area contributed by atoms with Crippen molar-refractivity contribution in [2.24, 2.45) is 5.92 Å². The van der Waals surface area contributed by atoms with Crippen molar-refractivity contribution in [1.29, 1.82) is 0 Å². The molecule has 0 rings (SSSR count). The van der Waals surface area contributed by atoms with Gasteiger partial charge in [0, 0.05) is 0 Å². The minimum atomic E-state index is -0.756. The van der Waals surface area contributed by atoms with Crippen LogP contribution in [-0.4, -0.2) is 11.1 Å². The van der Waals surface area contributed by atoms with Crippen molar-refractivity contribution < 1.29 is 9.90 Å². The molecule has 0 aliphatic carbocycles. The van der Waals surface area contributed by atoms with Crippen molar-refractivity contribution in [2.75, 3.05) is 0 Å². The standard InChI is InChI=1S/C10H18O2/c1-3-4-6-9(2)7-5-8-10(11)12/h5,7,9H,3-4,6,8H2,1-2H3,(H,11,12)/b7-5+. The predicted octanol–water partition coefficient (Wildman–Crippen LogP) is 2.84. The molecule has 12 heavy (non-hydrogen) atoms. The topological polar surface area (TPSA) is 37.3 Å². The molecule has 0 spiro atoms. The van der Waals surface area contributed by atoms with Gasteiger partial charge in [0.05, 0.1) is 6.42 Å². The molecule has 0 fully saturated rings. The summed E-state index contributed by atoms with van der Waals surface area (Å²) in [5.74, 6) is -0.238. The Morgan fingerprint density at radius 2 is 2.25 bits per heavy atom. The maximum Gasteiger partial charge on any atom is 0.307 e. The van der Waals surface area contributed by atoms with Crippen LogP contribution in [0.2, 0.25) is 0 Å². The SMILES string of the molecule is CCCCC(C)/C=C/CC(=O)O. The smallest absolute Gasteiger partial charge is 0.307 e. The molecule has 2 nitrogen and oxygen atoms in total. The first kappa shape index (κ1) is 11.2. The lowest BCUT2D eigenvalue weighted by Crippen LogP contribution is -1.92. The van der Waals surface area contributed by atoms with Crippen LogP contribution in [0.25, 0.3) is 0 Å². The summed E-state index contributed by atoms with van der Waals surface area (Å²) in [6.07, 6.45) is 7.46. The molecule has 0 heterocycles. The predicted molar refractivity (Wildman–Crippen MR) is 50.1 cm³/mol. The maximum absolute atomic E-state index is 10.1. The van der Waals surface area contributed by atoms with Gasteiger partial charge < -0.3 is 5.11 Å². The summed E-state index contributed by atoms with van der Waals surface area (Å²) in [6, 6.07) is 0. The molecule has 0 saturated carbocycles. The van der Waals surface area contributed by atoms with Gasteiger partial charge in [-0.3, -0.25) is 4.79 Å². The van der Waals surface area contributed by atoms with Crippen LogP contribution in [0.5, 0.6) is 0 Å². The Morgan fingerprint density at radius 1 is 1.58 bits per heavy atom. The van der Waals surface area contributed by atoms with Gasteiger partial charge in [0.1, 0.15) is 0 Å². The molecule has 0 aromatic rings. The second kappa shape index (κ2) is 6.89. The molecule has 0 aliphatic rings. The summed E-state index contributed by atoms with van der Waals surface area (Å²) in [6.45, 7) is 4.28. The minimum Gasteiger partial charge on any atom is -0.481 e. The molecular formula is C10H18O2. The van der Waals surface area contributed by atoms with E-state index in [1.165, 1.54) is 12.8 Å². The van der Waals surface area contributed by atoms with E-state index in [2.05, 4.69) is 13.8 Å². The molecule has 0 bridgehead atoms. The number of hydrogen-bond acceptors (Lipinski definition) is 1. The van der Waals surface area contributed by atoms with Crippen LogP contribution in [0.3, 0.4) is 0 Å². The van der Waals surface area contributed by atoms with Gasteiger partial charge in [-0.15, -0.1) is 0 Å². The third-order valence-electron chi connectivity index (χ3n) is 1.77. The van der Waals surface area contributed by atoms with Gasteiger partial charge in [0.2, 0.25) is 0 Å². The Balaban J connectivity index is 3.46. The third-order valence-corrected chi connectivity index (χ3v) is 1.77. The van der Waals surface area contributed by atoms with E-state index in [0.29, 0.717) is 5.92 Å². The van der Waals surface area contributed by atoms with Gasteiger partial charge in [-0.1, -0.05) is 38.8 Å². The van der Waals surface area contributed by atoms with Crippen molar-refractivity contribution in [2.45, 2.75) is 39.5 Å². The van der Waals surface area contributed by atoms with Gasteiger partial charge in [-0.25, -0.2) is 0 Å². The molecular weight excluding hydrogens is 152 g/mol. The molecule has 0 amide bonds.